The molecular formula is C35H28N4O. The van der Waals surface area contributed by atoms with Gasteiger partial charge in [-0.1, -0.05) is 97.6 Å². The van der Waals surface area contributed by atoms with Crippen LogP contribution in [0.15, 0.2) is 145 Å². The summed E-state index contributed by atoms with van der Waals surface area (Å²) in [6.07, 6.45) is 8.21. The Hall–Kier alpha value is -5.13. The van der Waals surface area contributed by atoms with Gasteiger partial charge in [0.05, 0.1) is 17.9 Å². The SMILES string of the molecule is C=C1N=C2C=CC(c3cccc(C4NC(c5ccccc5)=CC(c5ccccc5)N4)c3)=CN2Oc2ccccc21. The van der Waals surface area contributed by atoms with E-state index >= 15 is 0 Å². The molecular weight excluding hydrogens is 492 g/mol. The number of nitrogens with one attached hydrogen (secondary N) is 2. The van der Waals surface area contributed by atoms with Crippen molar-refractivity contribution in [1.82, 2.24) is 15.7 Å². The number of amidine groups is 1. The van der Waals surface area contributed by atoms with Crippen molar-refractivity contribution in [3.8, 4) is 5.75 Å². The third-order valence-electron chi connectivity index (χ3n) is 7.31. The van der Waals surface area contributed by atoms with Gasteiger partial charge in [0.25, 0.3) is 0 Å². The first-order chi connectivity index (χ1) is 19.7. The molecule has 0 aliphatic carbocycles. The summed E-state index contributed by atoms with van der Waals surface area (Å²) < 4.78 is 0. The van der Waals surface area contributed by atoms with Crippen LogP contribution in [0.5, 0.6) is 5.75 Å². The average molecular weight is 521 g/mol. The summed E-state index contributed by atoms with van der Waals surface area (Å²) in [5, 5.41) is 9.25. The van der Waals surface area contributed by atoms with E-state index in [1.54, 1.807) is 5.06 Å². The van der Waals surface area contributed by atoms with Crippen LogP contribution >= 0.6 is 0 Å². The van der Waals surface area contributed by atoms with Crippen molar-refractivity contribution in [2.24, 2.45) is 4.99 Å². The minimum atomic E-state index is -0.0831. The molecule has 3 aliphatic heterocycles. The number of fused-ring (bicyclic) bond motifs is 2. The van der Waals surface area contributed by atoms with Gasteiger partial charge >= 0.3 is 0 Å². The van der Waals surface area contributed by atoms with Crippen molar-refractivity contribution < 1.29 is 4.84 Å². The average Bonchev–Trinajstić information content (AvgIpc) is 3.17. The van der Waals surface area contributed by atoms with Crippen molar-refractivity contribution in [3.63, 3.8) is 0 Å². The number of nitrogens with zero attached hydrogens (tertiary/aromatic N) is 2. The molecule has 2 atom stereocenters. The third-order valence-corrected chi connectivity index (χ3v) is 7.31. The summed E-state index contributed by atoms with van der Waals surface area (Å²) in [7, 11) is 0. The molecule has 2 unspecified atom stereocenters. The Morgan fingerprint density at radius 3 is 2.33 bits per heavy atom. The molecule has 5 heteroatoms. The van der Waals surface area contributed by atoms with Gasteiger partial charge in [-0.05, 0) is 58.7 Å². The van der Waals surface area contributed by atoms with Crippen LogP contribution in [0.1, 0.15) is 40.0 Å². The number of hydrogen-bond donors (Lipinski definition) is 2. The highest BCUT2D eigenvalue weighted by molar-refractivity contribution is 6.02. The number of allylic oxidation sites excluding steroid dienone is 2. The second kappa shape index (κ2) is 10.2. The number of rotatable bonds is 4. The predicted molar refractivity (Wildman–Crippen MR) is 162 cm³/mol. The lowest BCUT2D eigenvalue weighted by atomic mass is 9.96. The quantitative estimate of drug-likeness (QED) is 0.298. The predicted octanol–water partition coefficient (Wildman–Crippen LogP) is 7.25. The molecule has 7 rings (SSSR count). The minimum absolute atomic E-state index is 0.0672. The second-order valence-corrected chi connectivity index (χ2v) is 9.95. The largest absolute Gasteiger partial charge is 0.373 e. The maximum atomic E-state index is 6.24. The summed E-state index contributed by atoms with van der Waals surface area (Å²) in [5.74, 6) is 1.42. The zero-order chi connectivity index (χ0) is 26.9. The molecule has 0 amide bonds. The van der Waals surface area contributed by atoms with E-state index in [-0.39, 0.29) is 12.2 Å². The van der Waals surface area contributed by atoms with Crippen molar-refractivity contribution in [3.05, 3.63) is 168 Å². The number of para-hydroxylation sites is 1. The fourth-order valence-corrected chi connectivity index (χ4v) is 5.26. The van der Waals surface area contributed by atoms with Gasteiger partial charge in [0.1, 0.15) is 6.17 Å². The molecule has 0 fully saturated rings. The van der Waals surface area contributed by atoms with Gasteiger partial charge in [0.2, 0.25) is 0 Å². The summed E-state index contributed by atoms with van der Waals surface area (Å²) in [6, 6.07) is 37.6. The third kappa shape index (κ3) is 4.64. The zero-order valence-electron chi connectivity index (χ0n) is 21.9. The van der Waals surface area contributed by atoms with E-state index in [9.17, 15) is 0 Å². The van der Waals surface area contributed by atoms with Crippen molar-refractivity contribution in [2.45, 2.75) is 12.2 Å². The summed E-state index contributed by atoms with van der Waals surface area (Å²) in [5.41, 5.74) is 8.33. The van der Waals surface area contributed by atoms with Gasteiger partial charge in [-0.2, -0.15) is 5.06 Å². The zero-order valence-corrected chi connectivity index (χ0v) is 21.9. The first-order valence-corrected chi connectivity index (χ1v) is 13.4. The van der Waals surface area contributed by atoms with E-state index in [0.29, 0.717) is 11.5 Å². The van der Waals surface area contributed by atoms with Gasteiger partial charge in [-0.15, -0.1) is 0 Å². The fraction of sp³-hybridized carbons (Fsp3) is 0.0571. The van der Waals surface area contributed by atoms with Crippen LogP contribution in [0.2, 0.25) is 0 Å². The minimum Gasteiger partial charge on any atom is -0.373 e. The van der Waals surface area contributed by atoms with E-state index in [1.807, 2.05) is 42.6 Å². The standard InChI is InChI=1S/C35H28N4O/c1-24-30-17-8-9-18-33(30)40-39-23-29(19-20-34(39)36-24)27-15-10-16-28(21-27)35-37-31(25-11-4-2-5-12-25)22-32(38-35)26-13-6-3-7-14-26/h2-23,31,35,37-38H,1H2. The van der Waals surface area contributed by atoms with Crippen molar-refractivity contribution >= 4 is 22.8 Å². The van der Waals surface area contributed by atoms with Gasteiger partial charge in [-0.3, -0.25) is 5.32 Å². The van der Waals surface area contributed by atoms with Gasteiger partial charge < -0.3 is 10.2 Å². The van der Waals surface area contributed by atoms with Crippen molar-refractivity contribution in [2.75, 3.05) is 0 Å². The molecule has 3 aliphatic rings. The summed E-state index contributed by atoms with van der Waals surface area (Å²) >= 11 is 0. The van der Waals surface area contributed by atoms with E-state index in [0.717, 1.165) is 39.3 Å². The Morgan fingerprint density at radius 1 is 0.750 bits per heavy atom. The summed E-state index contributed by atoms with van der Waals surface area (Å²) in [6.45, 7) is 4.14. The Balaban J connectivity index is 1.21. The normalized spacial score (nSPS) is 19.6. The maximum absolute atomic E-state index is 6.24. The Bertz CT molecular complexity index is 1700. The molecule has 5 nitrogen and oxygen atoms in total. The van der Waals surface area contributed by atoms with Crippen LogP contribution < -0.4 is 15.5 Å². The van der Waals surface area contributed by atoms with Crippen LogP contribution in [-0.4, -0.2) is 10.9 Å². The number of hydrogen-bond acceptors (Lipinski definition) is 5. The first-order valence-electron chi connectivity index (χ1n) is 13.4. The molecule has 2 N–H and O–H groups in total. The molecule has 194 valence electrons. The maximum Gasteiger partial charge on any atom is 0.169 e. The Kier molecular flexibility index (Phi) is 6.11. The van der Waals surface area contributed by atoms with E-state index in [4.69, 9.17) is 9.83 Å². The van der Waals surface area contributed by atoms with E-state index in [1.165, 1.54) is 5.56 Å². The van der Waals surface area contributed by atoms with Crippen LogP contribution in [0.25, 0.3) is 17.0 Å². The smallest absolute Gasteiger partial charge is 0.169 e. The van der Waals surface area contributed by atoms with Gasteiger partial charge in [0, 0.05) is 16.8 Å². The fourth-order valence-electron chi connectivity index (χ4n) is 5.26. The second-order valence-electron chi connectivity index (χ2n) is 9.95. The lowest BCUT2D eigenvalue weighted by Gasteiger charge is -2.33. The van der Waals surface area contributed by atoms with Crippen LogP contribution in [0, 0.1) is 0 Å². The van der Waals surface area contributed by atoms with E-state index in [2.05, 4.69) is 108 Å². The lowest BCUT2D eigenvalue weighted by molar-refractivity contribution is 0.0742. The van der Waals surface area contributed by atoms with Gasteiger partial charge in [0.15, 0.2) is 11.6 Å². The molecule has 40 heavy (non-hydrogen) atoms. The topological polar surface area (TPSA) is 48.9 Å². The molecule has 4 aromatic rings. The van der Waals surface area contributed by atoms with Crippen LogP contribution in [0.4, 0.5) is 0 Å². The molecule has 0 aromatic heterocycles. The highest BCUT2D eigenvalue weighted by Gasteiger charge is 2.25. The molecule has 4 aromatic carbocycles. The molecule has 0 spiro atoms. The molecule has 0 saturated carbocycles. The van der Waals surface area contributed by atoms with Crippen LogP contribution in [-0.2, 0) is 0 Å². The number of benzene rings is 4. The highest BCUT2D eigenvalue weighted by Crippen LogP contribution is 2.34. The molecule has 0 radical (unpaired) electrons. The Morgan fingerprint density at radius 2 is 1.48 bits per heavy atom. The lowest BCUT2D eigenvalue weighted by Crippen LogP contribution is -2.39. The monoisotopic (exact) mass is 520 g/mol. The van der Waals surface area contributed by atoms with Gasteiger partial charge in [-0.25, -0.2) is 4.99 Å². The number of hydroxylamine groups is 2. The number of aliphatic imine (C=N–C) groups is 1. The van der Waals surface area contributed by atoms with E-state index < -0.39 is 0 Å². The molecule has 0 bridgehead atoms. The van der Waals surface area contributed by atoms with Crippen molar-refractivity contribution in [1.29, 1.82) is 0 Å². The van der Waals surface area contributed by atoms with Crippen LogP contribution in [0.3, 0.4) is 0 Å². The molecule has 0 saturated heterocycles. The first kappa shape index (κ1) is 23.9. The molecule has 3 heterocycles. The summed E-state index contributed by atoms with van der Waals surface area (Å²) in [4.78, 5) is 10.9. The highest BCUT2D eigenvalue weighted by atomic mass is 16.7. The Labute approximate surface area is 234 Å².